The van der Waals surface area contributed by atoms with E-state index in [4.69, 9.17) is 4.74 Å². The van der Waals surface area contributed by atoms with Crippen LogP contribution in [0.4, 0.5) is 4.79 Å². The molecule has 0 aromatic heterocycles. The lowest BCUT2D eigenvalue weighted by Crippen LogP contribution is -2.57. The molecule has 35 heavy (non-hydrogen) atoms. The normalized spacial score (nSPS) is 18.2. The summed E-state index contributed by atoms with van der Waals surface area (Å²) >= 11 is 0. The van der Waals surface area contributed by atoms with Crippen molar-refractivity contribution in [2.75, 3.05) is 33.4 Å². The second-order valence-corrected chi connectivity index (χ2v) is 9.80. The number of hydrogen-bond donors (Lipinski definition) is 0. The van der Waals surface area contributed by atoms with E-state index in [1.807, 2.05) is 18.2 Å². The van der Waals surface area contributed by atoms with Crippen LogP contribution in [0.2, 0.25) is 0 Å². The van der Waals surface area contributed by atoms with Crippen molar-refractivity contribution in [3.63, 3.8) is 0 Å². The molecule has 6 nitrogen and oxygen atoms in total. The van der Waals surface area contributed by atoms with Gasteiger partial charge in [0, 0.05) is 33.3 Å². The Morgan fingerprint density at radius 1 is 0.857 bits per heavy atom. The van der Waals surface area contributed by atoms with Crippen molar-refractivity contribution in [3.8, 4) is 0 Å². The minimum atomic E-state index is -0.782. The molecule has 5 rings (SSSR count). The molecule has 0 bridgehead atoms. The van der Waals surface area contributed by atoms with Crippen molar-refractivity contribution in [2.45, 2.75) is 38.4 Å². The lowest BCUT2D eigenvalue weighted by molar-refractivity contribution is -0.136. The van der Waals surface area contributed by atoms with Gasteiger partial charge in [-0.2, -0.15) is 0 Å². The maximum absolute atomic E-state index is 13.8. The van der Waals surface area contributed by atoms with Gasteiger partial charge in [-0.05, 0) is 47.7 Å². The van der Waals surface area contributed by atoms with Crippen LogP contribution in [0.25, 0.3) is 10.8 Å². The summed E-state index contributed by atoms with van der Waals surface area (Å²) in [6.07, 6.45) is 1.28. The van der Waals surface area contributed by atoms with Crippen molar-refractivity contribution < 1.29 is 14.3 Å². The van der Waals surface area contributed by atoms with Crippen molar-refractivity contribution in [1.82, 2.24) is 14.7 Å². The van der Waals surface area contributed by atoms with Gasteiger partial charge in [0.05, 0.1) is 13.2 Å². The van der Waals surface area contributed by atoms with Crippen LogP contribution in [-0.2, 0) is 22.6 Å². The number of amides is 3. The highest BCUT2D eigenvalue weighted by atomic mass is 16.5. The molecule has 2 fully saturated rings. The fourth-order valence-corrected chi connectivity index (χ4v) is 5.57. The summed E-state index contributed by atoms with van der Waals surface area (Å²) in [5.41, 5.74) is 2.72. The molecule has 0 unspecified atom stereocenters. The van der Waals surface area contributed by atoms with Gasteiger partial charge >= 0.3 is 6.03 Å². The van der Waals surface area contributed by atoms with E-state index in [1.54, 1.807) is 12.0 Å². The standard InChI is InChI=1S/C29H33N3O3/c1-22-6-5-7-23(18-22)20-30-14-12-29(13-15-30)27(33)31(28(34)32(29)16-17-35-2)21-24-10-11-25-8-3-4-9-26(25)19-24/h3-11,18-19H,12-17,20-21H2,1-2H3. The van der Waals surface area contributed by atoms with E-state index >= 15 is 0 Å². The summed E-state index contributed by atoms with van der Waals surface area (Å²) in [6.45, 7) is 5.65. The van der Waals surface area contributed by atoms with Gasteiger partial charge in [-0.15, -0.1) is 0 Å². The molecule has 6 heteroatoms. The predicted molar refractivity (Wildman–Crippen MR) is 137 cm³/mol. The number of carbonyl (C=O) groups is 2. The number of methoxy groups -OCH3 is 1. The number of fused-ring (bicyclic) bond motifs is 1. The maximum Gasteiger partial charge on any atom is 0.328 e. The molecule has 1 spiro atoms. The van der Waals surface area contributed by atoms with E-state index in [1.165, 1.54) is 16.0 Å². The summed E-state index contributed by atoms with van der Waals surface area (Å²) in [5, 5.41) is 2.26. The Kier molecular flexibility index (Phi) is 6.58. The Labute approximate surface area is 207 Å². The first-order chi connectivity index (χ1) is 17.0. The van der Waals surface area contributed by atoms with Crippen molar-refractivity contribution in [1.29, 1.82) is 0 Å². The lowest BCUT2D eigenvalue weighted by Gasteiger charge is -2.42. The smallest absolute Gasteiger partial charge is 0.328 e. The van der Waals surface area contributed by atoms with E-state index in [0.717, 1.165) is 36.0 Å². The number of rotatable bonds is 7. The Hall–Kier alpha value is -3.22. The average molecular weight is 472 g/mol. The highest BCUT2D eigenvalue weighted by Crippen LogP contribution is 2.38. The third-order valence-electron chi connectivity index (χ3n) is 7.47. The number of piperidine rings is 1. The van der Waals surface area contributed by atoms with E-state index < -0.39 is 5.54 Å². The first-order valence-corrected chi connectivity index (χ1v) is 12.4. The van der Waals surface area contributed by atoms with Crippen LogP contribution in [-0.4, -0.2) is 65.5 Å². The molecule has 0 atom stereocenters. The Morgan fingerprint density at radius 2 is 1.60 bits per heavy atom. The molecule has 3 aromatic rings. The van der Waals surface area contributed by atoms with Gasteiger partial charge in [0.1, 0.15) is 5.54 Å². The highest BCUT2D eigenvalue weighted by molar-refractivity contribution is 6.07. The van der Waals surface area contributed by atoms with Crippen LogP contribution in [0.1, 0.15) is 29.5 Å². The number of benzene rings is 3. The molecular weight excluding hydrogens is 438 g/mol. The van der Waals surface area contributed by atoms with Gasteiger partial charge in [0.25, 0.3) is 5.91 Å². The summed E-state index contributed by atoms with van der Waals surface area (Å²) in [4.78, 5) is 33.0. The van der Waals surface area contributed by atoms with Crippen LogP contribution in [0.15, 0.2) is 66.7 Å². The van der Waals surface area contributed by atoms with Gasteiger partial charge in [-0.1, -0.05) is 66.2 Å². The predicted octanol–water partition coefficient (Wildman–Crippen LogP) is 4.59. The number of carbonyl (C=O) groups excluding carboxylic acids is 2. The summed E-state index contributed by atoms with van der Waals surface area (Å²) < 4.78 is 5.30. The largest absolute Gasteiger partial charge is 0.383 e. The van der Waals surface area contributed by atoms with Crippen LogP contribution in [0, 0.1) is 6.92 Å². The maximum atomic E-state index is 13.8. The molecule has 2 aliphatic heterocycles. The first-order valence-electron chi connectivity index (χ1n) is 12.4. The molecular formula is C29H33N3O3. The molecule has 0 N–H and O–H groups in total. The fraction of sp³-hybridized carbons (Fsp3) is 0.379. The summed E-state index contributed by atoms with van der Waals surface area (Å²) in [5.74, 6) is -0.0676. The number of imide groups is 1. The zero-order valence-corrected chi connectivity index (χ0v) is 20.6. The minimum Gasteiger partial charge on any atom is -0.383 e. The third-order valence-corrected chi connectivity index (χ3v) is 7.47. The van der Waals surface area contributed by atoms with Crippen LogP contribution in [0.3, 0.4) is 0 Å². The highest BCUT2D eigenvalue weighted by Gasteiger charge is 2.57. The Bertz CT molecular complexity index is 1230. The average Bonchev–Trinajstić information content (AvgIpc) is 3.05. The summed E-state index contributed by atoms with van der Waals surface area (Å²) in [6, 6.07) is 22.6. The van der Waals surface area contributed by atoms with Crippen LogP contribution < -0.4 is 0 Å². The number of likely N-dealkylation sites (tertiary alicyclic amines) is 1. The number of nitrogens with zero attached hydrogens (tertiary/aromatic N) is 3. The van der Waals surface area contributed by atoms with Crippen molar-refractivity contribution in [2.24, 2.45) is 0 Å². The second-order valence-electron chi connectivity index (χ2n) is 9.80. The fourth-order valence-electron chi connectivity index (χ4n) is 5.57. The van der Waals surface area contributed by atoms with E-state index in [-0.39, 0.29) is 11.9 Å². The molecule has 0 aliphatic carbocycles. The number of aryl methyl sites for hydroxylation is 1. The van der Waals surface area contributed by atoms with Gasteiger partial charge in [-0.3, -0.25) is 14.6 Å². The second kappa shape index (κ2) is 9.80. The molecule has 182 valence electrons. The molecule has 2 saturated heterocycles. The molecule has 2 aliphatic rings. The molecule has 0 saturated carbocycles. The SMILES string of the molecule is COCCN1C(=O)N(Cc2ccc3ccccc3c2)C(=O)C12CCN(Cc1cccc(C)c1)CC2. The van der Waals surface area contributed by atoms with Crippen LogP contribution in [0.5, 0.6) is 0 Å². The first kappa shape index (κ1) is 23.5. The number of urea groups is 1. The Balaban J connectivity index is 1.35. The van der Waals surface area contributed by atoms with Crippen LogP contribution >= 0.6 is 0 Å². The summed E-state index contributed by atoms with van der Waals surface area (Å²) in [7, 11) is 1.63. The molecule has 0 radical (unpaired) electrons. The van der Waals surface area contributed by atoms with E-state index in [0.29, 0.717) is 32.5 Å². The van der Waals surface area contributed by atoms with Gasteiger partial charge in [0.2, 0.25) is 0 Å². The Morgan fingerprint density at radius 3 is 2.34 bits per heavy atom. The minimum absolute atomic E-state index is 0.0676. The monoisotopic (exact) mass is 471 g/mol. The molecule has 3 amide bonds. The van der Waals surface area contributed by atoms with Crippen molar-refractivity contribution in [3.05, 3.63) is 83.4 Å². The molecule has 3 aromatic carbocycles. The molecule has 2 heterocycles. The lowest BCUT2D eigenvalue weighted by atomic mass is 9.85. The van der Waals surface area contributed by atoms with Gasteiger partial charge in [-0.25, -0.2) is 4.79 Å². The van der Waals surface area contributed by atoms with Crippen molar-refractivity contribution >= 4 is 22.7 Å². The van der Waals surface area contributed by atoms with E-state index in [2.05, 4.69) is 60.4 Å². The number of ether oxygens (including phenoxy) is 1. The van der Waals surface area contributed by atoms with E-state index in [9.17, 15) is 9.59 Å². The topological polar surface area (TPSA) is 53.1 Å². The zero-order chi connectivity index (χ0) is 24.4. The zero-order valence-electron chi connectivity index (χ0n) is 20.6. The van der Waals surface area contributed by atoms with Gasteiger partial charge < -0.3 is 9.64 Å². The number of hydrogen-bond acceptors (Lipinski definition) is 4. The van der Waals surface area contributed by atoms with Gasteiger partial charge in [0.15, 0.2) is 0 Å². The third kappa shape index (κ3) is 4.56. The quantitative estimate of drug-likeness (QED) is 0.473.